The summed E-state index contributed by atoms with van der Waals surface area (Å²) < 4.78 is 0. The van der Waals surface area contributed by atoms with Gasteiger partial charge in [0, 0.05) is 21.2 Å². The molecule has 0 aromatic heterocycles. The largest absolute Gasteiger partial charge is 0.478 e. The highest BCUT2D eigenvalue weighted by Gasteiger charge is 2.12. The lowest BCUT2D eigenvalue weighted by atomic mass is 9.99. The summed E-state index contributed by atoms with van der Waals surface area (Å²) in [5, 5.41) is 10.1. The molecule has 0 saturated carbocycles. The monoisotopic (exact) mass is 294 g/mol. The number of carbonyl (C=O) groups is 1. The molecule has 0 saturated heterocycles. The molecule has 0 aliphatic rings. The average molecular weight is 295 g/mol. The van der Waals surface area contributed by atoms with Crippen LogP contribution in [0, 0.1) is 13.8 Å². The van der Waals surface area contributed by atoms with Crippen molar-refractivity contribution in [3.63, 3.8) is 0 Å². The molecule has 0 radical (unpaired) electrons. The van der Waals surface area contributed by atoms with Crippen LogP contribution in [-0.4, -0.2) is 11.1 Å². The predicted octanol–water partition coefficient (Wildman–Crippen LogP) is 4.98. The maximum atomic E-state index is 11.0. The number of benzene rings is 2. The van der Waals surface area contributed by atoms with Crippen molar-refractivity contribution in [2.45, 2.75) is 13.8 Å². The molecular formula is C15H12Cl2O2. The van der Waals surface area contributed by atoms with Gasteiger partial charge in [-0.2, -0.15) is 0 Å². The Labute approximate surface area is 121 Å². The lowest BCUT2D eigenvalue weighted by Gasteiger charge is -2.11. The second kappa shape index (κ2) is 5.24. The molecule has 2 aromatic rings. The second-order valence-corrected chi connectivity index (χ2v) is 5.23. The zero-order valence-corrected chi connectivity index (χ0v) is 12.0. The first kappa shape index (κ1) is 13.9. The third-order valence-corrected chi connectivity index (χ3v) is 3.73. The molecule has 0 unspecified atom stereocenters. The third-order valence-electron chi connectivity index (χ3n) is 3.09. The van der Waals surface area contributed by atoms with Gasteiger partial charge in [0.05, 0.1) is 5.56 Å². The molecule has 0 amide bonds. The minimum absolute atomic E-state index is 0.189. The van der Waals surface area contributed by atoms with Crippen molar-refractivity contribution in [2.75, 3.05) is 0 Å². The van der Waals surface area contributed by atoms with Gasteiger partial charge in [-0.25, -0.2) is 4.79 Å². The summed E-state index contributed by atoms with van der Waals surface area (Å²) in [5.41, 5.74) is 3.73. The van der Waals surface area contributed by atoms with Gasteiger partial charge in [0.15, 0.2) is 0 Å². The highest BCUT2D eigenvalue weighted by Crippen LogP contribution is 2.35. The maximum Gasteiger partial charge on any atom is 0.335 e. The van der Waals surface area contributed by atoms with Crippen molar-refractivity contribution < 1.29 is 9.90 Å². The molecule has 4 heteroatoms. The quantitative estimate of drug-likeness (QED) is 0.848. The molecule has 0 fully saturated rings. The molecule has 2 nitrogen and oxygen atoms in total. The topological polar surface area (TPSA) is 37.3 Å². The first-order chi connectivity index (χ1) is 8.90. The zero-order valence-electron chi connectivity index (χ0n) is 10.5. The fourth-order valence-corrected chi connectivity index (χ4v) is 2.39. The molecule has 0 aliphatic carbocycles. The average Bonchev–Trinajstić information content (AvgIpc) is 2.34. The minimum atomic E-state index is -0.988. The summed E-state index contributed by atoms with van der Waals surface area (Å²) in [6.07, 6.45) is 0. The molecule has 2 aromatic carbocycles. The van der Waals surface area contributed by atoms with Gasteiger partial charge in [-0.1, -0.05) is 23.2 Å². The minimum Gasteiger partial charge on any atom is -0.478 e. The van der Waals surface area contributed by atoms with Crippen LogP contribution < -0.4 is 0 Å². The lowest BCUT2D eigenvalue weighted by Crippen LogP contribution is -1.97. The van der Waals surface area contributed by atoms with Gasteiger partial charge in [0.2, 0.25) is 0 Å². The Balaban J connectivity index is 2.67. The van der Waals surface area contributed by atoms with Crippen LogP contribution in [0.15, 0.2) is 30.3 Å². The summed E-state index contributed by atoms with van der Waals surface area (Å²) in [5.74, 6) is -0.988. The molecule has 0 aliphatic heterocycles. The summed E-state index contributed by atoms with van der Waals surface area (Å²) in [7, 11) is 0. The highest BCUT2D eigenvalue weighted by molar-refractivity contribution is 6.36. The normalized spacial score (nSPS) is 10.5. The van der Waals surface area contributed by atoms with E-state index in [2.05, 4.69) is 0 Å². The van der Waals surface area contributed by atoms with Gasteiger partial charge in [-0.15, -0.1) is 0 Å². The van der Waals surface area contributed by atoms with Gasteiger partial charge < -0.3 is 5.11 Å². The van der Waals surface area contributed by atoms with Gasteiger partial charge in [0.25, 0.3) is 0 Å². The van der Waals surface area contributed by atoms with Gasteiger partial charge in [0.1, 0.15) is 0 Å². The molecule has 1 N–H and O–H groups in total. The number of carboxylic acid groups (broad SMARTS) is 1. The number of rotatable bonds is 2. The Hall–Kier alpha value is -1.51. The van der Waals surface area contributed by atoms with Crippen LogP contribution in [0.25, 0.3) is 11.1 Å². The van der Waals surface area contributed by atoms with Crippen LogP contribution in [0.1, 0.15) is 21.5 Å². The van der Waals surface area contributed by atoms with Crippen molar-refractivity contribution in [2.24, 2.45) is 0 Å². The molecular weight excluding hydrogens is 283 g/mol. The van der Waals surface area contributed by atoms with Crippen LogP contribution in [0.4, 0.5) is 0 Å². The van der Waals surface area contributed by atoms with Gasteiger partial charge in [-0.3, -0.25) is 0 Å². The van der Waals surface area contributed by atoms with Gasteiger partial charge in [-0.05, 0) is 55.3 Å². The Morgan fingerprint density at radius 2 is 1.53 bits per heavy atom. The number of carboxylic acids is 1. The fourth-order valence-electron chi connectivity index (χ4n) is 1.85. The van der Waals surface area contributed by atoms with E-state index in [-0.39, 0.29) is 5.56 Å². The number of aryl methyl sites for hydroxylation is 2. The summed E-state index contributed by atoms with van der Waals surface area (Å²) >= 11 is 12.4. The third kappa shape index (κ3) is 2.75. The number of hydrogen-bond acceptors (Lipinski definition) is 1. The van der Waals surface area contributed by atoms with Crippen molar-refractivity contribution in [3.05, 3.63) is 57.1 Å². The summed E-state index contributed by atoms with van der Waals surface area (Å²) in [6, 6.07) is 8.37. The second-order valence-electron chi connectivity index (χ2n) is 4.42. The van der Waals surface area contributed by atoms with E-state index in [0.717, 1.165) is 16.7 Å². The molecule has 0 bridgehead atoms. The molecule has 0 heterocycles. The van der Waals surface area contributed by atoms with Crippen molar-refractivity contribution in [1.29, 1.82) is 0 Å². The first-order valence-electron chi connectivity index (χ1n) is 5.70. The Morgan fingerprint density at radius 3 is 2.16 bits per heavy atom. The van der Waals surface area contributed by atoms with E-state index in [9.17, 15) is 4.79 Å². The smallest absolute Gasteiger partial charge is 0.335 e. The molecule has 98 valence electrons. The van der Waals surface area contributed by atoms with Crippen molar-refractivity contribution in [3.8, 4) is 11.1 Å². The number of aromatic carboxylic acids is 1. The SMILES string of the molecule is Cc1cc(Cl)c(-c2cc(C(=O)O)ccc2Cl)cc1C. The van der Waals surface area contributed by atoms with E-state index in [1.807, 2.05) is 26.0 Å². The van der Waals surface area contributed by atoms with E-state index in [0.29, 0.717) is 15.6 Å². The fraction of sp³-hybridized carbons (Fsp3) is 0.133. The number of hydrogen-bond donors (Lipinski definition) is 1. The van der Waals surface area contributed by atoms with Crippen LogP contribution >= 0.6 is 23.2 Å². The van der Waals surface area contributed by atoms with Crippen LogP contribution in [0.3, 0.4) is 0 Å². The van der Waals surface area contributed by atoms with E-state index >= 15 is 0 Å². The van der Waals surface area contributed by atoms with Crippen LogP contribution in [0.5, 0.6) is 0 Å². The molecule has 2 rings (SSSR count). The molecule has 19 heavy (non-hydrogen) atoms. The molecule has 0 spiro atoms. The van der Waals surface area contributed by atoms with Crippen molar-refractivity contribution in [1.82, 2.24) is 0 Å². The zero-order chi connectivity index (χ0) is 14.2. The first-order valence-corrected chi connectivity index (χ1v) is 6.45. The van der Waals surface area contributed by atoms with Gasteiger partial charge >= 0.3 is 5.97 Å². The van der Waals surface area contributed by atoms with Crippen LogP contribution in [-0.2, 0) is 0 Å². The number of halogens is 2. The summed E-state index contributed by atoms with van der Waals surface area (Å²) in [4.78, 5) is 11.0. The standard InChI is InChI=1S/C15H12Cl2O2/c1-8-5-11(14(17)6-9(8)2)12-7-10(15(18)19)3-4-13(12)16/h3-7H,1-2H3,(H,18,19). The Morgan fingerprint density at radius 1 is 0.947 bits per heavy atom. The maximum absolute atomic E-state index is 11.0. The van der Waals surface area contributed by atoms with E-state index in [1.54, 1.807) is 12.1 Å². The Bertz CT molecular complexity index is 663. The van der Waals surface area contributed by atoms with E-state index < -0.39 is 5.97 Å². The lowest BCUT2D eigenvalue weighted by molar-refractivity contribution is 0.0697. The highest BCUT2D eigenvalue weighted by atomic mass is 35.5. The predicted molar refractivity (Wildman–Crippen MR) is 78.3 cm³/mol. The van der Waals surface area contributed by atoms with Crippen LogP contribution in [0.2, 0.25) is 10.0 Å². The van der Waals surface area contributed by atoms with E-state index in [1.165, 1.54) is 6.07 Å². The summed E-state index contributed by atoms with van der Waals surface area (Å²) in [6.45, 7) is 3.95. The molecule has 0 atom stereocenters. The van der Waals surface area contributed by atoms with E-state index in [4.69, 9.17) is 28.3 Å². The Kier molecular flexibility index (Phi) is 3.83. The van der Waals surface area contributed by atoms with Crippen molar-refractivity contribution >= 4 is 29.2 Å².